The molecule has 1 aliphatic heterocycles. The molecule has 4 rings (SSSR count). The van der Waals surface area contributed by atoms with Gasteiger partial charge < -0.3 is 35.8 Å². The number of carbonyl (C=O) groups excluding carboxylic acids is 3. The molecule has 5 amide bonds. The predicted octanol–water partition coefficient (Wildman–Crippen LogP) is 5.19. The molecule has 0 radical (unpaired) electrons. The second-order valence-corrected chi connectivity index (χ2v) is 17.9. The summed E-state index contributed by atoms with van der Waals surface area (Å²) in [6.07, 6.45) is -1.75. The number of benzene rings is 2. The number of nitrogens with one attached hydrogen (secondary N) is 2. The minimum Gasteiger partial charge on any atom is -0.465 e. The molecule has 5 atom stereocenters. The van der Waals surface area contributed by atoms with Crippen LogP contribution in [-0.2, 0) is 34.6 Å². The van der Waals surface area contributed by atoms with E-state index in [9.17, 15) is 34.5 Å². The van der Waals surface area contributed by atoms with Crippen LogP contribution in [0.5, 0.6) is 0 Å². The van der Waals surface area contributed by atoms with Crippen molar-refractivity contribution in [2.45, 2.75) is 117 Å². The smallest absolute Gasteiger partial charge is 0.407 e. The fraction of sp³-hybridized carbons (Fsp3) is 0.523. The van der Waals surface area contributed by atoms with Crippen LogP contribution in [0, 0.1) is 10.8 Å². The Balaban J connectivity index is 1.61. The van der Waals surface area contributed by atoms with Crippen molar-refractivity contribution in [3.05, 3.63) is 101 Å². The van der Waals surface area contributed by atoms with Crippen LogP contribution >= 0.6 is 0 Å². The predicted molar refractivity (Wildman–Crippen MR) is 219 cm³/mol. The van der Waals surface area contributed by atoms with Crippen LogP contribution in [0.4, 0.5) is 9.59 Å². The zero-order valence-corrected chi connectivity index (χ0v) is 34.9. The molecule has 13 heteroatoms. The second kappa shape index (κ2) is 18.5. The van der Waals surface area contributed by atoms with E-state index in [-0.39, 0.29) is 31.3 Å². The molecule has 0 aliphatic carbocycles. The minimum absolute atomic E-state index is 0.0491. The normalized spacial score (nSPS) is 16.4. The maximum Gasteiger partial charge on any atom is 0.407 e. The molecule has 310 valence electrons. The van der Waals surface area contributed by atoms with Crippen molar-refractivity contribution in [2.24, 2.45) is 10.8 Å². The highest BCUT2D eigenvalue weighted by atomic mass is 16.4. The Bertz CT molecular complexity index is 1820. The summed E-state index contributed by atoms with van der Waals surface area (Å²) in [5, 5.41) is 38.5. The van der Waals surface area contributed by atoms with Crippen molar-refractivity contribution in [2.75, 3.05) is 20.1 Å². The molecule has 0 saturated carbocycles. The lowest BCUT2D eigenvalue weighted by atomic mass is 9.84. The number of likely N-dealkylation sites (N-methyl/N-ethyl adjacent to an activating group) is 1. The van der Waals surface area contributed by atoms with Gasteiger partial charge in [-0.25, -0.2) is 9.59 Å². The molecule has 2 aromatic carbocycles. The fourth-order valence-electron chi connectivity index (χ4n) is 7.60. The first-order chi connectivity index (χ1) is 26.6. The molecule has 1 aliphatic rings. The lowest BCUT2D eigenvalue weighted by Crippen LogP contribution is -2.59. The Morgan fingerprint density at radius 2 is 1.37 bits per heavy atom. The molecular weight excluding hydrogens is 725 g/mol. The standard InChI is InChI=1S/C44H62N6O7/c1-42(2,3)36(48(9)41(55)56)38(52)47-33(26-30-19-14-11-15-20-30)34(51)27-32(25-29-17-12-10-13-18-29)46-39(53)37(43(4,5)6)50-24-23-49(40(50)54)28-31-21-16-22-35(45-31)44(7,8)57/h10-22,32-34,36-37,51,57H,23-28H2,1-9H3,(H,46,53)(H,47,52)(H,55,56)/t32-,33-,34-,36+,37+/m0/s1. The molecule has 1 aromatic heterocycles. The summed E-state index contributed by atoms with van der Waals surface area (Å²) >= 11 is 0. The number of hydrogen-bond donors (Lipinski definition) is 5. The Hall–Kier alpha value is -5.01. The topological polar surface area (TPSA) is 176 Å². The van der Waals surface area contributed by atoms with Gasteiger partial charge in [-0.05, 0) is 67.2 Å². The van der Waals surface area contributed by atoms with Crippen molar-refractivity contribution in [3.8, 4) is 0 Å². The van der Waals surface area contributed by atoms with E-state index in [0.717, 1.165) is 16.0 Å². The lowest BCUT2D eigenvalue weighted by Gasteiger charge is -2.38. The third-order valence-corrected chi connectivity index (χ3v) is 10.3. The summed E-state index contributed by atoms with van der Waals surface area (Å²) in [4.78, 5) is 63.3. The highest BCUT2D eigenvalue weighted by molar-refractivity contribution is 5.89. The third kappa shape index (κ3) is 12.2. The number of rotatable bonds is 16. The molecule has 57 heavy (non-hydrogen) atoms. The summed E-state index contributed by atoms with van der Waals surface area (Å²) in [6.45, 7) is 15.3. The van der Waals surface area contributed by atoms with Crippen LogP contribution in [0.15, 0.2) is 78.9 Å². The molecule has 5 N–H and O–H groups in total. The van der Waals surface area contributed by atoms with Gasteiger partial charge in [-0.3, -0.25) is 19.5 Å². The first kappa shape index (κ1) is 44.7. The van der Waals surface area contributed by atoms with Crippen molar-refractivity contribution in [1.29, 1.82) is 0 Å². The molecule has 0 spiro atoms. The zero-order valence-electron chi connectivity index (χ0n) is 34.9. The molecule has 0 unspecified atom stereocenters. The van der Waals surface area contributed by atoms with Crippen molar-refractivity contribution >= 4 is 23.9 Å². The number of pyridine rings is 1. The minimum atomic E-state index is -1.25. The van der Waals surface area contributed by atoms with Crippen molar-refractivity contribution < 1.29 is 34.5 Å². The van der Waals surface area contributed by atoms with E-state index in [1.54, 1.807) is 62.6 Å². The Morgan fingerprint density at radius 3 is 1.89 bits per heavy atom. The highest BCUT2D eigenvalue weighted by Gasteiger charge is 2.44. The van der Waals surface area contributed by atoms with Gasteiger partial charge in [0.15, 0.2) is 0 Å². The maximum absolute atomic E-state index is 14.5. The SMILES string of the molecule is CN(C(=O)O)[C@H](C(=O)N[C@@H](Cc1ccccc1)[C@@H](O)C[C@H](Cc1ccccc1)NC(=O)[C@@H](N1CCN(Cc2cccc(C(C)(C)O)n2)C1=O)C(C)(C)C)C(C)(C)C. The summed E-state index contributed by atoms with van der Waals surface area (Å²) < 4.78 is 0. The van der Waals surface area contributed by atoms with E-state index in [4.69, 9.17) is 0 Å². The van der Waals surface area contributed by atoms with E-state index in [1.807, 2.05) is 81.4 Å². The molecule has 2 heterocycles. The van der Waals surface area contributed by atoms with E-state index >= 15 is 0 Å². The third-order valence-electron chi connectivity index (χ3n) is 10.3. The average Bonchev–Trinajstić information content (AvgIpc) is 3.45. The maximum atomic E-state index is 14.5. The van der Waals surface area contributed by atoms with Crippen LogP contribution in [0.1, 0.15) is 84.3 Å². The Labute approximate surface area is 337 Å². The van der Waals surface area contributed by atoms with E-state index in [2.05, 4.69) is 15.6 Å². The quantitative estimate of drug-likeness (QED) is 0.132. The van der Waals surface area contributed by atoms with Crippen LogP contribution in [0.25, 0.3) is 0 Å². The molecule has 1 fully saturated rings. The van der Waals surface area contributed by atoms with Gasteiger partial charge in [-0.1, -0.05) is 108 Å². The summed E-state index contributed by atoms with van der Waals surface area (Å²) in [6, 6.07) is 20.7. The van der Waals surface area contributed by atoms with Crippen molar-refractivity contribution in [1.82, 2.24) is 30.3 Å². The lowest BCUT2D eigenvalue weighted by molar-refractivity contribution is -0.131. The zero-order chi connectivity index (χ0) is 42.3. The first-order valence-corrected chi connectivity index (χ1v) is 19.6. The number of urea groups is 1. The Kier molecular flexibility index (Phi) is 14.5. The van der Waals surface area contributed by atoms with Gasteiger partial charge in [0, 0.05) is 26.2 Å². The highest BCUT2D eigenvalue weighted by Crippen LogP contribution is 2.30. The summed E-state index contributed by atoms with van der Waals surface area (Å²) in [5.41, 5.74) is 0.322. The largest absolute Gasteiger partial charge is 0.465 e. The van der Waals surface area contributed by atoms with Gasteiger partial charge in [0.05, 0.1) is 30.1 Å². The van der Waals surface area contributed by atoms with Crippen LogP contribution in [0.2, 0.25) is 0 Å². The number of amides is 5. The van der Waals surface area contributed by atoms with Gasteiger partial charge in [0.25, 0.3) is 0 Å². The molecule has 3 aromatic rings. The first-order valence-electron chi connectivity index (χ1n) is 19.6. The monoisotopic (exact) mass is 786 g/mol. The summed E-state index contributed by atoms with van der Waals surface area (Å²) in [5.74, 6) is -0.907. The molecule has 0 bridgehead atoms. The van der Waals surface area contributed by atoms with Crippen LogP contribution in [-0.4, -0.2) is 109 Å². The number of carbonyl (C=O) groups is 4. The van der Waals surface area contributed by atoms with E-state index in [1.165, 1.54) is 7.05 Å². The van der Waals surface area contributed by atoms with Gasteiger partial charge >= 0.3 is 12.1 Å². The number of aliphatic hydroxyl groups excluding tert-OH is 1. The van der Waals surface area contributed by atoms with Gasteiger partial charge in [0.2, 0.25) is 11.8 Å². The number of carboxylic acid groups (broad SMARTS) is 1. The fourth-order valence-corrected chi connectivity index (χ4v) is 7.60. The second-order valence-electron chi connectivity index (χ2n) is 17.9. The van der Waals surface area contributed by atoms with Crippen LogP contribution in [0.3, 0.4) is 0 Å². The van der Waals surface area contributed by atoms with Crippen molar-refractivity contribution in [3.63, 3.8) is 0 Å². The number of hydrogen-bond acceptors (Lipinski definition) is 7. The van der Waals surface area contributed by atoms with Crippen LogP contribution < -0.4 is 10.6 Å². The Morgan fingerprint density at radius 1 is 0.789 bits per heavy atom. The van der Waals surface area contributed by atoms with E-state index < -0.39 is 58.7 Å². The van der Waals surface area contributed by atoms with Gasteiger partial charge in [-0.15, -0.1) is 0 Å². The molecule has 1 saturated heterocycles. The van der Waals surface area contributed by atoms with Gasteiger partial charge in [0.1, 0.15) is 17.7 Å². The molecular formula is C44H62N6O7. The van der Waals surface area contributed by atoms with Gasteiger partial charge in [-0.2, -0.15) is 0 Å². The number of nitrogens with zero attached hydrogens (tertiary/aromatic N) is 4. The molecule has 13 nitrogen and oxygen atoms in total. The number of aliphatic hydroxyl groups is 2. The van der Waals surface area contributed by atoms with E-state index in [0.29, 0.717) is 30.9 Å². The number of aromatic nitrogens is 1. The average molecular weight is 787 g/mol. The summed E-state index contributed by atoms with van der Waals surface area (Å²) in [7, 11) is 1.36.